The highest BCUT2D eigenvalue weighted by atomic mass is 16.4. The highest BCUT2D eigenvalue weighted by Crippen LogP contribution is 2.14. The van der Waals surface area contributed by atoms with E-state index in [0.717, 1.165) is 11.3 Å². The fraction of sp³-hybridized carbons (Fsp3) is 0.0714. The third-order valence-corrected chi connectivity index (χ3v) is 2.88. The van der Waals surface area contributed by atoms with E-state index in [2.05, 4.69) is 10.2 Å². The predicted octanol–water partition coefficient (Wildman–Crippen LogP) is 1.09. The van der Waals surface area contributed by atoms with Gasteiger partial charge >= 0.3 is 0 Å². The standard InChI is InChI=1S/C14H11N3O2/c1-9-2-5-11(6-3-9)17-15-12-7-4-10(14(18)19)8-13(12)16-17/h2-8H,1H3,(H,18,19)/p-1. The minimum absolute atomic E-state index is 0.100. The lowest BCUT2D eigenvalue weighted by molar-refractivity contribution is -0.255. The lowest BCUT2D eigenvalue weighted by Crippen LogP contribution is -2.21. The summed E-state index contributed by atoms with van der Waals surface area (Å²) in [5.74, 6) is -1.22. The van der Waals surface area contributed by atoms with Gasteiger partial charge in [0.1, 0.15) is 11.0 Å². The second kappa shape index (κ2) is 4.20. The number of carbonyl (C=O) groups is 1. The number of rotatable bonds is 2. The van der Waals surface area contributed by atoms with Crippen molar-refractivity contribution in [3.63, 3.8) is 0 Å². The molecule has 1 heterocycles. The van der Waals surface area contributed by atoms with Crippen molar-refractivity contribution in [2.45, 2.75) is 6.92 Å². The summed E-state index contributed by atoms with van der Waals surface area (Å²) in [6, 6.07) is 12.3. The maximum Gasteiger partial charge on any atom is 0.114 e. The highest BCUT2D eigenvalue weighted by molar-refractivity contribution is 5.90. The minimum Gasteiger partial charge on any atom is -0.545 e. The van der Waals surface area contributed by atoms with Crippen LogP contribution in [0.3, 0.4) is 0 Å². The number of aromatic carboxylic acids is 1. The molecule has 19 heavy (non-hydrogen) atoms. The van der Waals surface area contributed by atoms with E-state index in [1.807, 2.05) is 31.2 Å². The predicted molar refractivity (Wildman–Crippen MR) is 67.9 cm³/mol. The topological polar surface area (TPSA) is 70.8 Å². The third kappa shape index (κ3) is 2.06. The molecular formula is C14H10N3O2-. The fourth-order valence-electron chi connectivity index (χ4n) is 1.84. The van der Waals surface area contributed by atoms with Gasteiger partial charge < -0.3 is 9.90 Å². The molecule has 2 aromatic carbocycles. The van der Waals surface area contributed by atoms with Crippen molar-refractivity contribution in [1.82, 2.24) is 15.0 Å². The number of hydrogen-bond donors (Lipinski definition) is 0. The van der Waals surface area contributed by atoms with E-state index in [4.69, 9.17) is 0 Å². The van der Waals surface area contributed by atoms with E-state index in [1.54, 1.807) is 6.07 Å². The van der Waals surface area contributed by atoms with E-state index in [0.29, 0.717) is 11.0 Å². The van der Waals surface area contributed by atoms with Crippen LogP contribution in [0.4, 0.5) is 0 Å². The van der Waals surface area contributed by atoms with Gasteiger partial charge in [-0.05, 0) is 36.8 Å². The van der Waals surface area contributed by atoms with Crippen LogP contribution in [0.25, 0.3) is 16.7 Å². The van der Waals surface area contributed by atoms with Crippen molar-refractivity contribution in [2.24, 2.45) is 0 Å². The number of benzene rings is 2. The zero-order valence-electron chi connectivity index (χ0n) is 10.2. The molecule has 0 unspecified atom stereocenters. The van der Waals surface area contributed by atoms with Gasteiger partial charge in [0.2, 0.25) is 0 Å². The van der Waals surface area contributed by atoms with Crippen LogP contribution in [0, 0.1) is 6.92 Å². The van der Waals surface area contributed by atoms with Crippen molar-refractivity contribution in [3.8, 4) is 5.69 Å². The normalized spacial score (nSPS) is 10.8. The van der Waals surface area contributed by atoms with Crippen LogP contribution in [0.1, 0.15) is 15.9 Å². The zero-order chi connectivity index (χ0) is 13.4. The maximum absolute atomic E-state index is 10.8. The van der Waals surface area contributed by atoms with Crippen LogP contribution in [-0.2, 0) is 0 Å². The zero-order valence-corrected chi connectivity index (χ0v) is 10.2. The third-order valence-electron chi connectivity index (χ3n) is 2.88. The van der Waals surface area contributed by atoms with Gasteiger partial charge in [0, 0.05) is 0 Å². The van der Waals surface area contributed by atoms with E-state index in [-0.39, 0.29) is 5.56 Å². The largest absolute Gasteiger partial charge is 0.545 e. The summed E-state index contributed by atoms with van der Waals surface area (Å²) in [5, 5.41) is 19.4. The SMILES string of the molecule is Cc1ccc(-n2nc3ccc(C(=O)[O-])cc3n2)cc1. The number of carboxylic acids is 1. The lowest BCUT2D eigenvalue weighted by atomic mass is 10.2. The summed E-state index contributed by atoms with van der Waals surface area (Å²) < 4.78 is 0. The molecule has 1 aromatic heterocycles. The molecule has 0 spiro atoms. The molecule has 0 radical (unpaired) electrons. The number of aryl methyl sites for hydroxylation is 1. The smallest absolute Gasteiger partial charge is 0.114 e. The first-order valence-electron chi connectivity index (χ1n) is 5.79. The molecular weight excluding hydrogens is 242 g/mol. The molecule has 0 aliphatic rings. The molecule has 0 N–H and O–H groups in total. The lowest BCUT2D eigenvalue weighted by Gasteiger charge is -1.99. The average Bonchev–Trinajstić information content (AvgIpc) is 2.82. The number of carboxylic acid groups (broad SMARTS) is 1. The molecule has 0 aliphatic carbocycles. The van der Waals surface area contributed by atoms with Gasteiger partial charge in [-0.3, -0.25) is 0 Å². The van der Waals surface area contributed by atoms with Crippen LogP contribution >= 0.6 is 0 Å². The molecule has 3 aromatic rings. The Bertz CT molecular complexity index is 760. The first-order chi connectivity index (χ1) is 9.13. The van der Waals surface area contributed by atoms with Gasteiger partial charge in [-0.15, -0.1) is 10.2 Å². The Balaban J connectivity index is 2.11. The minimum atomic E-state index is -1.22. The number of carbonyl (C=O) groups excluding carboxylic acids is 1. The van der Waals surface area contributed by atoms with Gasteiger partial charge in [0.05, 0.1) is 11.7 Å². The molecule has 94 valence electrons. The van der Waals surface area contributed by atoms with Crippen molar-refractivity contribution in [2.75, 3.05) is 0 Å². The molecule has 0 saturated carbocycles. The summed E-state index contributed by atoms with van der Waals surface area (Å²) in [5.41, 5.74) is 3.26. The summed E-state index contributed by atoms with van der Waals surface area (Å²) in [6.07, 6.45) is 0. The molecule has 5 heteroatoms. The van der Waals surface area contributed by atoms with Crippen LogP contribution in [-0.4, -0.2) is 21.0 Å². The summed E-state index contributed by atoms with van der Waals surface area (Å²) in [6.45, 7) is 2.00. The molecule has 0 atom stereocenters. The fourth-order valence-corrected chi connectivity index (χ4v) is 1.84. The molecule has 5 nitrogen and oxygen atoms in total. The summed E-state index contributed by atoms with van der Waals surface area (Å²) in [7, 11) is 0. The quantitative estimate of drug-likeness (QED) is 0.684. The molecule has 0 amide bonds. The number of fused-ring (bicyclic) bond motifs is 1. The molecule has 0 aliphatic heterocycles. The highest BCUT2D eigenvalue weighted by Gasteiger charge is 2.05. The average molecular weight is 252 g/mol. The van der Waals surface area contributed by atoms with Gasteiger partial charge in [0.25, 0.3) is 0 Å². The maximum atomic E-state index is 10.8. The van der Waals surface area contributed by atoms with Gasteiger partial charge in [-0.1, -0.05) is 23.8 Å². The van der Waals surface area contributed by atoms with Crippen molar-refractivity contribution in [3.05, 3.63) is 53.6 Å². The van der Waals surface area contributed by atoms with E-state index in [9.17, 15) is 9.90 Å². The summed E-state index contributed by atoms with van der Waals surface area (Å²) >= 11 is 0. The molecule has 0 saturated heterocycles. The Morgan fingerprint density at radius 3 is 2.42 bits per heavy atom. The number of hydrogen-bond acceptors (Lipinski definition) is 4. The first-order valence-corrected chi connectivity index (χ1v) is 5.79. The van der Waals surface area contributed by atoms with Crippen molar-refractivity contribution >= 4 is 17.0 Å². The van der Waals surface area contributed by atoms with Gasteiger partial charge in [-0.25, -0.2) is 0 Å². The number of aromatic nitrogens is 3. The van der Waals surface area contributed by atoms with Gasteiger partial charge in [0.15, 0.2) is 0 Å². The second-order valence-electron chi connectivity index (χ2n) is 4.32. The van der Waals surface area contributed by atoms with Crippen LogP contribution in [0.5, 0.6) is 0 Å². The summed E-state index contributed by atoms with van der Waals surface area (Å²) in [4.78, 5) is 12.3. The van der Waals surface area contributed by atoms with E-state index < -0.39 is 5.97 Å². The van der Waals surface area contributed by atoms with E-state index in [1.165, 1.54) is 16.9 Å². The van der Waals surface area contributed by atoms with Crippen LogP contribution in [0.2, 0.25) is 0 Å². The molecule has 0 bridgehead atoms. The number of nitrogens with zero attached hydrogens (tertiary/aromatic N) is 3. The Labute approximate surface area is 109 Å². The van der Waals surface area contributed by atoms with E-state index >= 15 is 0 Å². The Kier molecular flexibility index (Phi) is 2.52. The second-order valence-corrected chi connectivity index (χ2v) is 4.32. The monoisotopic (exact) mass is 252 g/mol. The van der Waals surface area contributed by atoms with Crippen molar-refractivity contribution < 1.29 is 9.90 Å². The van der Waals surface area contributed by atoms with Crippen LogP contribution < -0.4 is 5.11 Å². The van der Waals surface area contributed by atoms with Crippen LogP contribution in [0.15, 0.2) is 42.5 Å². The molecule has 0 fully saturated rings. The molecule has 3 rings (SSSR count). The Morgan fingerprint density at radius 2 is 1.74 bits per heavy atom. The van der Waals surface area contributed by atoms with Crippen molar-refractivity contribution in [1.29, 1.82) is 0 Å². The Hall–Kier alpha value is -2.69. The Morgan fingerprint density at radius 1 is 1.05 bits per heavy atom. The van der Waals surface area contributed by atoms with Gasteiger partial charge in [-0.2, -0.15) is 4.80 Å². The first kappa shape index (κ1) is 11.4.